The van der Waals surface area contributed by atoms with Gasteiger partial charge in [-0.2, -0.15) is 5.10 Å². The number of carboxylic acids is 1. The molecule has 8 heteroatoms. The van der Waals surface area contributed by atoms with Crippen LogP contribution < -0.4 is 10.1 Å². The first-order valence-corrected chi connectivity index (χ1v) is 10.2. The van der Waals surface area contributed by atoms with Gasteiger partial charge in [-0.25, -0.2) is 0 Å². The van der Waals surface area contributed by atoms with Crippen molar-refractivity contribution in [3.8, 4) is 18.1 Å². The van der Waals surface area contributed by atoms with Crippen molar-refractivity contribution in [1.82, 2.24) is 10.3 Å². The Labute approximate surface area is 187 Å². The number of carboxylic acid groups (broad SMARTS) is 1. The number of hydrogen-bond acceptors (Lipinski definition) is 6. The van der Waals surface area contributed by atoms with Gasteiger partial charge in [0.2, 0.25) is 0 Å². The second kappa shape index (κ2) is 12.0. The minimum atomic E-state index is -1.18. The Morgan fingerprint density at radius 2 is 2.12 bits per heavy atom. The Bertz CT molecular complexity index is 1010. The van der Waals surface area contributed by atoms with Crippen LogP contribution in [-0.4, -0.2) is 39.9 Å². The summed E-state index contributed by atoms with van der Waals surface area (Å²) in [5, 5.41) is 27.3. The zero-order valence-electron chi connectivity index (χ0n) is 18.2. The highest BCUT2D eigenvalue weighted by molar-refractivity contribution is 6.01. The first kappa shape index (κ1) is 24.3. The maximum atomic E-state index is 12.5. The van der Waals surface area contributed by atoms with Crippen LogP contribution >= 0.6 is 0 Å². The molecule has 1 aromatic carbocycles. The van der Waals surface area contributed by atoms with E-state index in [0.717, 1.165) is 25.0 Å². The Hall–Kier alpha value is -3.99. The molecule has 168 valence electrons. The Kier molecular flexibility index (Phi) is 9.11. The topological polar surface area (TPSA) is 111 Å². The molecule has 1 amide bonds. The van der Waals surface area contributed by atoms with Gasteiger partial charge in [0.25, 0.3) is 5.91 Å². The molecule has 0 radical (unpaired) electrons. The van der Waals surface area contributed by atoms with Gasteiger partial charge in [-0.1, -0.05) is 25.1 Å². The van der Waals surface area contributed by atoms with Gasteiger partial charge in [0.15, 0.2) is 11.5 Å². The molecule has 0 saturated heterocycles. The maximum Gasteiger partial charge on any atom is 0.322 e. The van der Waals surface area contributed by atoms with E-state index in [1.165, 1.54) is 11.2 Å². The number of hydrogen-bond donors (Lipinski definition) is 3. The van der Waals surface area contributed by atoms with Crippen LogP contribution in [0.25, 0.3) is 5.76 Å². The number of carbonyl (C=O) groups excluding carboxylic acids is 1. The van der Waals surface area contributed by atoms with E-state index in [1.807, 2.05) is 25.2 Å². The predicted octanol–water partition coefficient (Wildman–Crippen LogP) is 3.58. The zero-order chi connectivity index (χ0) is 23.5. The number of aliphatic hydroxyl groups excluding tert-OH is 1. The molecule has 1 heterocycles. The number of fused-ring (bicyclic) bond motifs is 1. The minimum Gasteiger partial charge on any atom is -0.505 e. The van der Waals surface area contributed by atoms with Crippen molar-refractivity contribution in [3.63, 3.8) is 0 Å². The van der Waals surface area contributed by atoms with E-state index in [2.05, 4.69) is 16.3 Å². The largest absolute Gasteiger partial charge is 0.505 e. The van der Waals surface area contributed by atoms with Gasteiger partial charge in [-0.05, 0) is 38.0 Å². The molecule has 0 atom stereocenters. The van der Waals surface area contributed by atoms with Gasteiger partial charge in [-0.15, -0.1) is 12.3 Å². The van der Waals surface area contributed by atoms with Gasteiger partial charge in [-0.3, -0.25) is 14.6 Å². The normalized spacial score (nSPS) is 14.7. The number of ether oxygens (including phenoxy) is 1. The number of nitrogens with zero attached hydrogens (tertiary/aromatic N) is 2. The molecule has 3 N–H and O–H groups in total. The van der Waals surface area contributed by atoms with E-state index in [9.17, 15) is 14.7 Å². The number of aliphatic carboxylic acids is 1. The van der Waals surface area contributed by atoms with Crippen LogP contribution in [-0.2, 0) is 16.1 Å². The van der Waals surface area contributed by atoms with Crippen molar-refractivity contribution in [2.45, 2.75) is 39.7 Å². The molecule has 1 aromatic rings. The van der Waals surface area contributed by atoms with Crippen LogP contribution in [0.5, 0.6) is 5.75 Å². The molecule has 0 bridgehead atoms. The van der Waals surface area contributed by atoms with Gasteiger partial charge in [0.1, 0.15) is 18.1 Å². The lowest BCUT2D eigenvalue weighted by Gasteiger charge is -2.29. The van der Waals surface area contributed by atoms with Crippen LogP contribution in [0.1, 0.15) is 44.2 Å². The standard InChI is InChI=1S/C20H21N3O5.C4H6/c1-2-22-23-12-15-14(19(26)18(23)20(27)21-11-17(24)25)9-6-10-16(15)28-13-7-4-3-5-8-13;1-3-4-2/h2,4,6-10,26H,3,5,11-12H2,1H3,(H,21,27)(H,24,25);1H,4H2,2H3/b22-2-;. The Morgan fingerprint density at radius 1 is 1.38 bits per heavy atom. The minimum absolute atomic E-state index is 0.110. The molecule has 3 rings (SSSR count). The van der Waals surface area contributed by atoms with E-state index in [0.29, 0.717) is 16.9 Å². The van der Waals surface area contributed by atoms with Crippen LogP contribution in [0.15, 0.2) is 53.0 Å². The molecule has 0 unspecified atom stereocenters. The second-order valence-electron chi connectivity index (χ2n) is 6.73. The summed E-state index contributed by atoms with van der Waals surface area (Å²) in [6.45, 7) is 3.25. The molecule has 32 heavy (non-hydrogen) atoms. The summed E-state index contributed by atoms with van der Waals surface area (Å²) >= 11 is 0. The maximum absolute atomic E-state index is 12.5. The molecular weight excluding hydrogens is 410 g/mol. The average molecular weight is 437 g/mol. The summed E-state index contributed by atoms with van der Waals surface area (Å²) in [5.74, 6) is 1.52. The summed E-state index contributed by atoms with van der Waals surface area (Å²) in [4.78, 5) is 23.2. The van der Waals surface area contributed by atoms with Gasteiger partial charge in [0, 0.05) is 23.8 Å². The van der Waals surface area contributed by atoms with E-state index >= 15 is 0 Å². The summed E-state index contributed by atoms with van der Waals surface area (Å²) in [6.07, 6.45) is 14.9. The van der Waals surface area contributed by atoms with Crippen molar-refractivity contribution in [2.75, 3.05) is 6.54 Å². The highest BCUT2D eigenvalue weighted by atomic mass is 16.5. The first-order valence-electron chi connectivity index (χ1n) is 10.2. The van der Waals surface area contributed by atoms with Crippen LogP contribution in [0.3, 0.4) is 0 Å². The number of amides is 1. The molecule has 0 saturated carbocycles. The van der Waals surface area contributed by atoms with E-state index in [4.69, 9.17) is 16.3 Å². The van der Waals surface area contributed by atoms with Crippen molar-refractivity contribution in [3.05, 3.63) is 59.0 Å². The Morgan fingerprint density at radius 3 is 2.72 bits per heavy atom. The second-order valence-corrected chi connectivity index (χ2v) is 6.73. The van der Waals surface area contributed by atoms with E-state index < -0.39 is 18.4 Å². The van der Waals surface area contributed by atoms with E-state index in [1.54, 1.807) is 25.1 Å². The number of hydrazone groups is 1. The fraction of sp³-hybridized carbons (Fsp3) is 0.292. The van der Waals surface area contributed by atoms with Crippen molar-refractivity contribution >= 4 is 23.9 Å². The number of nitrogens with one attached hydrogen (secondary N) is 1. The highest BCUT2D eigenvalue weighted by Crippen LogP contribution is 2.36. The van der Waals surface area contributed by atoms with Crippen LogP contribution in [0.4, 0.5) is 0 Å². The number of terminal acetylenes is 1. The van der Waals surface area contributed by atoms with Crippen molar-refractivity contribution < 1.29 is 24.5 Å². The number of allylic oxidation sites excluding steroid dienone is 3. The molecule has 1 aliphatic heterocycles. The fourth-order valence-corrected chi connectivity index (χ4v) is 3.02. The highest BCUT2D eigenvalue weighted by Gasteiger charge is 2.31. The molecule has 1 aliphatic carbocycles. The third kappa shape index (κ3) is 6.25. The lowest BCUT2D eigenvalue weighted by atomic mass is 9.99. The monoisotopic (exact) mass is 437 g/mol. The van der Waals surface area contributed by atoms with Crippen molar-refractivity contribution in [2.24, 2.45) is 5.10 Å². The van der Waals surface area contributed by atoms with Gasteiger partial charge >= 0.3 is 5.97 Å². The van der Waals surface area contributed by atoms with E-state index in [-0.39, 0.29) is 18.0 Å². The first-order chi connectivity index (χ1) is 15.4. The van der Waals surface area contributed by atoms with Crippen molar-refractivity contribution in [1.29, 1.82) is 0 Å². The van der Waals surface area contributed by atoms with Crippen LogP contribution in [0.2, 0.25) is 0 Å². The number of aliphatic hydroxyl groups is 1. The number of rotatable bonds is 6. The lowest BCUT2D eigenvalue weighted by Crippen LogP contribution is -2.38. The SMILES string of the molecule is C#CCC.C/C=N\N1Cc2c(OC3=CCCC=C3)cccc2C(O)=C1C(=O)NCC(=O)O. The zero-order valence-corrected chi connectivity index (χ0v) is 18.2. The third-order valence-corrected chi connectivity index (χ3v) is 4.44. The predicted molar refractivity (Wildman–Crippen MR) is 123 cm³/mol. The number of carbonyl (C=O) groups is 2. The average Bonchev–Trinajstić information content (AvgIpc) is 2.79. The molecule has 2 aliphatic rings. The lowest BCUT2D eigenvalue weighted by molar-refractivity contribution is -0.137. The molecule has 0 spiro atoms. The molecule has 0 aromatic heterocycles. The van der Waals surface area contributed by atoms with Gasteiger partial charge < -0.3 is 20.3 Å². The summed E-state index contributed by atoms with van der Waals surface area (Å²) < 4.78 is 5.99. The summed E-state index contributed by atoms with van der Waals surface area (Å²) in [5.41, 5.74) is 1.02. The quantitative estimate of drug-likeness (QED) is 0.463. The summed E-state index contributed by atoms with van der Waals surface area (Å²) in [7, 11) is 0. The number of benzene rings is 1. The molecular formula is C24H27N3O5. The third-order valence-electron chi connectivity index (χ3n) is 4.44. The summed E-state index contributed by atoms with van der Waals surface area (Å²) in [6, 6.07) is 5.20. The molecule has 8 nitrogen and oxygen atoms in total. The van der Waals surface area contributed by atoms with Gasteiger partial charge in [0.05, 0.1) is 6.54 Å². The fourth-order valence-electron chi connectivity index (χ4n) is 3.02. The molecule has 0 fully saturated rings. The smallest absolute Gasteiger partial charge is 0.322 e. The van der Waals surface area contributed by atoms with Crippen LogP contribution in [0, 0.1) is 12.3 Å². The Balaban J connectivity index is 0.000000837.